The van der Waals surface area contributed by atoms with Crippen LogP contribution in [0.15, 0.2) is 5.38 Å². The van der Waals surface area contributed by atoms with Gasteiger partial charge in [0.15, 0.2) is 0 Å². The highest BCUT2D eigenvalue weighted by Gasteiger charge is 2.03. The fourth-order valence-electron chi connectivity index (χ4n) is 0.909. The third-order valence-corrected chi connectivity index (χ3v) is 2.48. The highest BCUT2D eigenvalue weighted by molar-refractivity contribution is 7.09. The second-order valence-electron chi connectivity index (χ2n) is 2.60. The number of hydrogen-bond acceptors (Lipinski definition) is 4. The van der Waals surface area contributed by atoms with E-state index in [1.54, 1.807) is 0 Å². The van der Waals surface area contributed by atoms with E-state index in [-0.39, 0.29) is 13.0 Å². The summed E-state index contributed by atoms with van der Waals surface area (Å²) in [6.45, 7) is 0.0892. The highest BCUT2D eigenvalue weighted by atomic mass is 32.1. The first kappa shape index (κ1) is 10.1. The Hall–Kier alpha value is -0.940. The van der Waals surface area contributed by atoms with Gasteiger partial charge in [-0.05, 0) is 0 Å². The summed E-state index contributed by atoms with van der Waals surface area (Å²) in [5.41, 5.74) is 0.802. The Morgan fingerprint density at radius 1 is 1.54 bits per heavy atom. The summed E-state index contributed by atoms with van der Waals surface area (Å²) < 4.78 is 0. The van der Waals surface area contributed by atoms with E-state index in [0.717, 1.165) is 10.7 Å². The van der Waals surface area contributed by atoms with Crippen molar-refractivity contribution in [1.29, 1.82) is 0 Å². The monoisotopic (exact) mass is 201 g/mol. The lowest BCUT2D eigenvalue weighted by molar-refractivity contribution is -0.136. The van der Waals surface area contributed by atoms with Crippen LogP contribution in [0, 0.1) is 0 Å². The second kappa shape index (κ2) is 4.94. The fourth-order valence-corrected chi connectivity index (χ4v) is 1.73. The minimum absolute atomic E-state index is 0.0892. The maximum absolute atomic E-state index is 10.2. The van der Waals surface area contributed by atoms with E-state index in [1.165, 1.54) is 11.3 Å². The second-order valence-corrected chi connectivity index (χ2v) is 3.54. The molecular formula is C8H11NO3S. The van der Waals surface area contributed by atoms with Gasteiger partial charge in [-0.15, -0.1) is 11.3 Å². The summed E-state index contributed by atoms with van der Waals surface area (Å²) in [5, 5.41) is 19.7. The summed E-state index contributed by atoms with van der Waals surface area (Å²) in [7, 11) is 0. The number of nitrogens with zero attached hydrogens (tertiary/aromatic N) is 1. The number of rotatable bonds is 5. The van der Waals surface area contributed by atoms with Crippen molar-refractivity contribution in [1.82, 2.24) is 4.98 Å². The Morgan fingerprint density at radius 3 is 2.92 bits per heavy atom. The van der Waals surface area contributed by atoms with Gasteiger partial charge in [0.05, 0.1) is 17.1 Å². The van der Waals surface area contributed by atoms with Crippen LogP contribution in [0.3, 0.4) is 0 Å². The van der Waals surface area contributed by atoms with Crippen LogP contribution in [0.2, 0.25) is 0 Å². The van der Waals surface area contributed by atoms with E-state index in [9.17, 15) is 4.79 Å². The largest absolute Gasteiger partial charge is 0.481 e. The molecule has 1 aromatic heterocycles. The van der Waals surface area contributed by atoms with Crippen LogP contribution < -0.4 is 0 Å². The minimum Gasteiger partial charge on any atom is -0.481 e. The number of carboxylic acid groups (broad SMARTS) is 1. The average Bonchev–Trinajstić information content (AvgIpc) is 2.50. The van der Waals surface area contributed by atoms with E-state index >= 15 is 0 Å². The van der Waals surface area contributed by atoms with Gasteiger partial charge in [-0.25, -0.2) is 4.98 Å². The Bertz CT molecular complexity index is 285. The van der Waals surface area contributed by atoms with Gasteiger partial charge in [0.25, 0.3) is 0 Å². The number of aliphatic carboxylic acids is 1. The van der Waals surface area contributed by atoms with Gasteiger partial charge in [0.1, 0.15) is 0 Å². The number of carboxylic acids is 1. The zero-order valence-electron chi connectivity index (χ0n) is 7.06. The summed E-state index contributed by atoms with van der Waals surface area (Å²) >= 11 is 1.46. The molecular weight excluding hydrogens is 190 g/mol. The zero-order chi connectivity index (χ0) is 9.68. The molecule has 1 aromatic rings. The number of aromatic nitrogens is 1. The van der Waals surface area contributed by atoms with Crippen molar-refractivity contribution in [2.24, 2.45) is 0 Å². The Morgan fingerprint density at radius 2 is 2.31 bits per heavy atom. The van der Waals surface area contributed by atoms with Crippen molar-refractivity contribution in [2.75, 3.05) is 6.61 Å². The molecule has 0 amide bonds. The molecule has 1 heterocycles. The fraction of sp³-hybridized carbons (Fsp3) is 0.500. The van der Waals surface area contributed by atoms with Gasteiger partial charge in [-0.3, -0.25) is 4.79 Å². The molecule has 0 bridgehead atoms. The molecule has 0 saturated carbocycles. The maximum atomic E-state index is 10.2. The SMILES string of the molecule is O=C(O)CCc1csc(CCO)n1. The lowest BCUT2D eigenvalue weighted by Gasteiger charge is -1.91. The molecule has 2 N–H and O–H groups in total. The van der Waals surface area contributed by atoms with E-state index in [4.69, 9.17) is 10.2 Å². The zero-order valence-corrected chi connectivity index (χ0v) is 7.88. The smallest absolute Gasteiger partial charge is 0.303 e. The molecule has 0 fully saturated rings. The quantitative estimate of drug-likeness (QED) is 0.735. The molecule has 0 aliphatic rings. The number of thiazole rings is 1. The molecule has 0 aliphatic carbocycles. The van der Waals surface area contributed by atoms with Crippen molar-refractivity contribution in [3.8, 4) is 0 Å². The number of aryl methyl sites for hydroxylation is 1. The summed E-state index contributed by atoms with van der Waals surface area (Å²) in [5.74, 6) is -0.809. The van der Waals surface area contributed by atoms with E-state index < -0.39 is 5.97 Å². The molecule has 0 atom stereocenters. The predicted molar refractivity (Wildman–Crippen MR) is 48.9 cm³/mol. The number of aliphatic hydroxyl groups is 1. The third-order valence-electron chi connectivity index (χ3n) is 1.52. The first-order valence-electron chi connectivity index (χ1n) is 3.98. The average molecular weight is 201 g/mol. The van der Waals surface area contributed by atoms with Crippen LogP contribution in [0.25, 0.3) is 0 Å². The van der Waals surface area contributed by atoms with Crippen LogP contribution >= 0.6 is 11.3 Å². The van der Waals surface area contributed by atoms with Gasteiger partial charge in [0.2, 0.25) is 0 Å². The molecule has 0 aliphatic heterocycles. The predicted octanol–water partition coefficient (Wildman–Crippen LogP) is 0.695. The topological polar surface area (TPSA) is 70.4 Å². The van der Waals surface area contributed by atoms with Crippen LogP contribution in [0.1, 0.15) is 17.1 Å². The van der Waals surface area contributed by atoms with Crippen molar-refractivity contribution < 1.29 is 15.0 Å². The first-order valence-corrected chi connectivity index (χ1v) is 4.86. The highest BCUT2D eigenvalue weighted by Crippen LogP contribution is 2.11. The maximum Gasteiger partial charge on any atom is 0.303 e. The van der Waals surface area contributed by atoms with Gasteiger partial charge in [-0.2, -0.15) is 0 Å². The van der Waals surface area contributed by atoms with Crippen molar-refractivity contribution in [3.05, 3.63) is 16.1 Å². The van der Waals surface area contributed by atoms with E-state index in [1.807, 2.05) is 5.38 Å². The Balaban J connectivity index is 2.44. The molecule has 1 rings (SSSR count). The van der Waals surface area contributed by atoms with Crippen LogP contribution in [-0.2, 0) is 17.6 Å². The Kier molecular flexibility index (Phi) is 3.85. The lowest BCUT2D eigenvalue weighted by Crippen LogP contribution is -1.98. The summed E-state index contributed by atoms with van der Waals surface area (Å²) in [4.78, 5) is 14.4. The molecule has 5 heteroatoms. The van der Waals surface area contributed by atoms with Gasteiger partial charge in [0, 0.05) is 24.8 Å². The number of aliphatic hydroxyl groups excluding tert-OH is 1. The van der Waals surface area contributed by atoms with Crippen LogP contribution in [0.4, 0.5) is 0 Å². The van der Waals surface area contributed by atoms with Crippen molar-refractivity contribution in [3.63, 3.8) is 0 Å². The summed E-state index contributed by atoms with van der Waals surface area (Å²) in [6.07, 6.45) is 1.14. The van der Waals surface area contributed by atoms with E-state index in [0.29, 0.717) is 12.8 Å². The standard InChI is InChI=1S/C8H11NO3S/c10-4-3-7-9-6(5-13-7)1-2-8(11)12/h5,10H,1-4H2,(H,11,12). The van der Waals surface area contributed by atoms with Crippen molar-refractivity contribution in [2.45, 2.75) is 19.3 Å². The molecule has 0 radical (unpaired) electrons. The molecule has 0 aromatic carbocycles. The van der Waals surface area contributed by atoms with Crippen LogP contribution in [0.5, 0.6) is 0 Å². The van der Waals surface area contributed by atoms with E-state index in [2.05, 4.69) is 4.98 Å². The van der Waals surface area contributed by atoms with Crippen molar-refractivity contribution >= 4 is 17.3 Å². The van der Waals surface area contributed by atoms with Gasteiger partial charge < -0.3 is 10.2 Å². The Labute approximate surface area is 79.9 Å². The molecule has 0 spiro atoms. The summed E-state index contributed by atoms with van der Waals surface area (Å²) in [6, 6.07) is 0. The van der Waals surface area contributed by atoms with Gasteiger partial charge in [-0.1, -0.05) is 0 Å². The molecule has 0 unspecified atom stereocenters. The molecule has 13 heavy (non-hydrogen) atoms. The van der Waals surface area contributed by atoms with Gasteiger partial charge >= 0.3 is 5.97 Å². The number of carbonyl (C=O) groups is 1. The molecule has 4 nitrogen and oxygen atoms in total. The first-order chi connectivity index (χ1) is 6.22. The van der Waals surface area contributed by atoms with Crippen LogP contribution in [-0.4, -0.2) is 27.8 Å². The number of hydrogen-bond donors (Lipinski definition) is 2. The lowest BCUT2D eigenvalue weighted by atomic mass is 10.2. The third kappa shape index (κ3) is 3.52. The minimum atomic E-state index is -0.809. The molecule has 72 valence electrons. The normalized spacial score (nSPS) is 10.2. The molecule has 0 saturated heterocycles.